The molecule has 3 unspecified atom stereocenters. The molecule has 6 heteroatoms. The molecule has 3 atom stereocenters. The van der Waals surface area contributed by atoms with Gasteiger partial charge in [0.1, 0.15) is 5.65 Å². The average Bonchev–Trinajstić information content (AvgIpc) is 3.02. The number of pyridine rings is 1. The Balaban J connectivity index is 1.58. The van der Waals surface area contributed by atoms with Crippen molar-refractivity contribution in [3.8, 4) is 0 Å². The highest BCUT2D eigenvalue weighted by Gasteiger charge is 2.40. The number of hydrogen-bond donors (Lipinski definition) is 1. The summed E-state index contributed by atoms with van der Waals surface area (Å²) < 4.78 is 1.49. The topological polar surface area (TPSA) is 63.6 Å². The smallest absolute Gasteiger partial charge is 0.258 e. The molecule has 0 radical (unpaired) electrons. The molecule has 0 aromatic carbocycles. The lowest BCUT2D eigenvalue weighted by Crippen LogP contribution is -2.30. The lowest BCUT2D eigenvalue weighted by molar-refractivity contribution is 0.295. The second kappa shape index (κ2) is 5.33. The van der Waals surface area contributed by atoms with Crippen molar-refractivity contribution in [2.24, 2.45) is 17.6 Å². The fourth-order valence-corrected chi connectivity index (χ4v) is 4.13. The maximum absolute atomic E-state index is 12.2. The summed E-state index contributed by atoms with van der Waals surface area (Å²) in [6, 6.07) is 5.48. The number of nitrogens with two attached hydrogens (primary N) is 1. The third-order valence-corrected chi connectivity index (χ3v) is 5.27. The first-order valence-electron chi connectivity index (χ1n) is 7.76. The zero-order valence-corrected chi connectivity index (χ0v) is 13.0. The summed E-state index contributed by atoms with van der Waals surface area (Å²) in [6.45, 7) is 2.81. The van der Waals surface area contributed by atoms with Gasteiger partial charge in [-0.3, -0.25) is 14.1 Å². The lowest BCUT2D eigenvalue weighted by atomic mass is 9.98. The van der Waals surface area contributed by atoms with Crippen molar-refractivity contribution >= 4 is 17.2 Å². The van der Waals surface area contributed by atoms with Gasteiger partial charge in [-0.05, 0) is 36.8 Å². The van der Waals surface area contributed by atoms with E-state index in [4.69, 9.17) is 17.3 Å². The molecule has 116 valence electrons. The fraction of sp³-hybridized carbons (Fsp3) is 0.500. The van der Waals surface area contributed by atoms with Gasteiger partial charge in [-0.15, -0.1) is 0 Å². The molecule has 2 N–H and O–H groups in total. The van der Waals surface area contributed by atoms with Crippen molar-refractivity contribution in [2.75, 3.05) is 13.1 Å². The summed E-state index contributed by atoms with van der Waals surface area (Å²) in [4.78, 5) is 19.2. The van der Waals surface area contributed by atoms with E-state index in [0.29, 0.717) is 29.2 Å². The molecule has 1 aliphatic heterocycles. The van der Waals surface area contributed by atoms with Gasteiger partial charge in [-0.1, -0.05) is 11.6 Å². The van der Waals surface area contributed by atoms with E-state index in [1.807, 2.05) is 0 Å². The molecular formula is C16H19ClN4O. The van der Waals surface area contributed by atoms with Crippen LogP contribution in [0.15, 0.2) is 29.2 Å². The molecule has 2 aromatic rings. The maximum atomic E-state index is 12.2. The number of fused-ring (bicyclic) bond motifs is 2. The molecule has 22 heavy (non-hydrogen) atoms. The summed E-state index contributed by atoms with van der Waals surface area (Å²) in [5, 5.41) is 0.533. The number of likely N-dealkylation sites (tertiary alicyclic amines) is 1. The second-order valence-electron chi connectivity index (χ2n) is 6.52. The SMILES string of the molecule is NC1CCC2CN(Cc3cc(=O)n4cc(Cl)ccc4n3)CC12. The molecule has 5 nitrogen and oxygen atoms in total. The Kier molecular flexibility index (Phi) is 3.44. The first-order valence-corrected chi connectivity index (χ1v) is 8.14. The molecule has 1 saturated carbocycles. The molecular weight excluding hydrogens is 300 g/mol. The summed E-state index contributed by atoms with van der Waals surface area (Å²) in [6.07, 6.45) is 3.99. The zero-order chi connectivity index (χ0) is 15.3. The number of hydrogen-bond acceptors (Lipinski definition) is 4. The first-order chi connectivity index (χ1) is 10.6. The van der Waals surface area contributed by atoms with E-state index < -0.39 is 0 Å². The molecule has 2 aliphatic rings. The monoisotopic (exact) mass is 318 g/mol. The number of rotatable bonds is 2. The van der Waals surface area contributed by atoms with Gasteiger partial charge in [-0.25, -0.2) is 4.98 Å². The van der Waals surface area contributed by atoms with Crippen molar-refractivity contribution < 1.29 is 0 Å². The molecule has 2 aromatic heterocycles. The first kappa shape index (κ1) is 14.2. The van der Waals surface area contributed by atoms with E-state index in [1.165, 1.54) is 10.8 Å². The molecule has 2 fully saturated rings. The van der Waals surface area contributed by atoms with Gasteiger partial charge in [0, 0.05) is 37.9 Å². The Labute approximate surface area is 133 Å². The van der Waals surface area contributed by atoms with E-state index in [9.17, 15) is 4.79 Å². The van der Waals surface area contributed by atoms with E-state index >= 15 is 0 Å². The Morgan fingerprint density at radius 3 is 3.00 bits per heavy atom. The van der Waals surface area contributed by atoms with Crippen LogP contribution in [-0.4, -0.2) is 33.4 Å². The van der Waals surface area contributed by atoms with Gasteiger partial charge in [0.15, 0.2) is 0 Å². The third-order valence-electron chi connectivity index (χ3n) is 5.05. The second-order valence-corrected chi connectivity index (χ2v) is 6.96. The molecule has 1 saturated heterocycles. The summed E-state index contributed by atoms with van der Waals surface area (Å²) >= 11 is 5.93. The quantitative estimate of drug-likeness (QED) is 0.912. The van der Waals surface area contributed by atoms with Crippen LogP contribution in [0.1, 0.15) is 18.5 Å². The van der Waals surface area contributed by atoms with Crippen molar-refractivity contribution in [2.45, 2.75) is 25.4 Å². The number of aromatic nitrogens is 2. The van der Waals surface area contributed by atoms with Crippen LogP contribution in [0.5, 0.6) is 0 Å². The minimum absolute atomic E-state index is 0.0846. The van der Waals surface area contributed by atoms with Crippen LogP contribution < -0.4 is 11.3 Å². The molecule has 1 aliphatic carbocycles. The highest BCUT2D eigenvalue weighted by molar-refractivity contribution is 6.30. The van der Waals surface area contributed by atoms with Crippen molar-refractivity contribution in [1.29, 1.82) is 0 Å². The van der Waals surface area contributed by atoms with Crippen LogP contribution in [0.3, 0.4) is 0 Å². The number of nitrogens with zero attached hydrogens (tertiary/aromatic N) is 3. The maximum Gasteiger partial charge on any atom is 0.258 e. The van der Waals surface area contributed by atoms with Crippen molar-refractivity contribution in [1.82, 2.24) is 14.3 Å². The van der Waals surface area contributed by atoms with Crippen LogP contribution in [0.2, 0.25) is 5.02 Å². The lowest BCUT2D eigenvalue weighted by Gasteiger charge is -2.18. The highest BCUT2D eigenvalue weighted by atomic mass is 35.5. The minimum atomic E-state index is -0.0846. The predicted octanol–water partition coefficient (Wildman–Crippen LogP) is 1.52. The Morgan fingerprint density at radius 2 is 2.18 bits per heavy atom. The molecule has 0 bridgehead atoms. The minimum Gasteiger partial charge on any atom is -0.327 e. The normalized spacial score (nSPS) is 28.4. The Morgan fingerprint density at radius 1 is 1.32 bits per heavy atom. The van der Waals surface area contributed by atoms with Gasteiger partial charge < -0.3 is 5.73 Å². The standard InChI is InChI=1S/C16H19ClN4O/c17-11-2-4-15-19-12(5-16(22)21(15)7-11)8-20-6-10-1-3-14(18)13(10)9-20/h2,4-5,7,10,13-14H,1,3,6,8-9,18H2. The summed E-state index contributed by atoms with van der Waals surface area (Å²) in [7, 11) is 0. The largest absolute Gasteiger partial charge is 0.327 e. The van der Waals surface area contributed by atoms with Crippen LogP contribution in [0.25, 0.3) is 5.65 Å². The van der Waals surface area contributed by atoms with E-state index in [2.05, 4.69) is 9.88 Å². The van der Waals surface area contributed by atoms with Gasteiger partial charge >= 0.3 is 0 Å². The van der Waals surface area contributed by atoms with Gasteiger partial charge in [0.05, 0.1) is 10.7 Å². The molecule has 4 rings (SSSR count). The molecule has 0 amide bonds. The van der Waals surface area contributed by atoms with Gasteiger partial charge in [0.25, 0.3) is 5.56 Å². The van der Waals surface area contributed by atoms with Crippen LogP contribution in [0.4, 0.5) is 0 Å². The van der Waals surface area contributed by atoms with E-state index in [0.717, 1.165) is 31.1 Å². The predicted molar refractivity (Wildman–Crippen MR) is 85.9 cm³/mol. The van der Waals surface area contributed by atoms with Crippen molar-refractivity contribution in [3.05, 3.63) is 45.5 Å². The average molecular weight is 319 g/mol. The summed E-state index contributed by atoms with van der Waals surface area (Å²) in [5.74, 6) is 1.33. The molecule has 0 spiro atoms. The Hall–Kier alpha value is -1.43. The van der Waals surface area contributed by atoms with E-state index in [-0.39, 0.29) is 5.56 Å². The van der Waals surface area contributed by atoms with Gasteiger partial charge in [0.2, 0.25) is 0 Å². The van der Waals surface area contributed by atoms with Gasteiger partial charge in [-0.2, -0.15) is 0 Å². The fourth-order valence-electron chi connectivity index (χ4n) is 3.97. The van der Waals surface area contributed by atoms with Crippen LogP contribution in [0, 0.1) is 11.8 Å². The number of halogens is 1. The Bertz CT molecular complexity index is 774. The van der Waals surface area contributed by atoms with Crippen molar-refractivity contribution in [3.63, 3.8) is 0 Å². The van der Waals surface area contributed by atoms with Crippen LogP contribution in [-0.2, 0) is 6.54 Å². The highest BCUT2D eigenvalue weighted by Crippen LogP contribution is 2.37. The third kappa shape index (κ3) is 2.43. The summed E-state index contributed by atoms with van der Waals surface area (Å²) in [5.41, 5.74) is 7.56. The molecule has 3 heterocycles. The zero-order valence-electron chi connectivity index (χ0n) is 12.3. The van der Waals surface area contributed by atoms with Crippen LogP contribution >= 0.6 is 11.6 Å². The van der Waals surface area contributed by atoms with E-state index in [1.54, 1.807) is 24.4 Å².